The molecule has 3 rings (SSSR count). The van der Waals surface area contributed by atoms with Gasteiger partial charge in [-0.3, -0.25) is 4.79 Å². The average Bonchev–Trinajstić information content (AvgIpc) is 2.88. The normalized spacial score (nSPS) is 14.9. The summed E-state index contributed by atoms with van der Waals surface area (Å²) in [4.78, 5) is 15.7. The van der Waals surface area contributed by atoms with Crippen LogP contribution in [0.15, 0.2) is 36.9 Å². The largest absolute Gasteiger partial charge is 0.352 e. The molecule has 1 aromatic carbocycles. The van der Waals surface area contributed by atoms with E-state index in [1.807, 2.05) is 24.3 Å². The van der Waals surface area contributed by atoms with E-state index < -0.39 is 0 Å². The molecule has 0 saturated carbocycles. The lowest BCUT2D eigenvalue weighted by molar-refractivity contribution is -0.126. The van der Waals surface area contributed by atoms with Gasteiger partial charge in [-0.2, -0.15) is 5.10 Å². The van der Waals surface area contributed by atoms with E-state index in [4.69, 9.17) is 0 Å². The Morgan fingerprint density at radius 1 is 1.47 bits per heavy atom. The summed E-state index contributed by atoms with van der Waals surface area (Å²) < 4.78 is 1.70. The quantitative estimate of drug-likeness (QED) is 0.815. The second-order valence-electron chi connectivity index (χ2n) is 4.58. The fourth-order valence-corrected chi connectivity index (χ4v) is 1.96. The minimum absolute atomic E-state index is 0.116. The smallest absolute Gasteiger partial charge is 0.225 e. The summed E-state index contributed by atoms with van der Waals surface area (Å²) in [5, 5.41) is 10.1. The number of amides is 1. The van der Waals surface area contributed by atoms with Crippen LogP contribution in [-0.4, -0.2) is 33.8 Å². The highest BCUT2D eigenvalue weighted by Crippen LogP contribution is 2.09. The molecule has 2 N–H and O–H groups in total. The number of carbonyl (C=O) groups is 1. The minimum atomic E-state index is 0.116. The maximum absolute atomic E-state index is 11.7. The Labute approximate surface area is 110 Å². The number of benzene rings is 1. The van der Waals surface area contributed by atoms with Crippen LogP contribution in [-0.2, 0) is 11.3 Å². The first-order valence-corrected chi connectivity index (χ1v) is 6.25. The first-order chi connectivity index (χ1) is 9.33. The summed E-state index contributed by atoms with van der Waals surface area (Å²) in [5.74, 6) is 0.239. The van der Waals surface area contributed by atoms with Crippen molar-refractivity contribution >= 4 is 5.91 Å². The Morgan fingerprint density at radius 3 is 3.05 bits per heavy atom. The molecule has 0 unspecified atom stereocenters. The molecule has 0 bridgehead atoms. The van der Waals surface area contributed by atoms with Gasteiger partial charge in [0.2, 0.25) is 5.91 Å². The number of nitrogens with zero attached hydrogens (tertiary/aromatic N) is 3. The van der Waals surface area contributed by atoms with Crippen molar-refractivity contribution in [2.75, 3.05) is 13.1 Å². The number of nitrogens with one attached hydrogen (secondary N) is 2. The van der Waals surface area contributed by atoms with E-state index in [9.17, 15) is 4.79 Å². The Morgan fingerprint density at radius 2 is 2.37 bits per heavy atom. The van der Waals surface area contributed by atoms with Crippen LogP contribution < -0.4 is 10.6 Å². The zero-order valence-electron chi connectivity index (χ0n) is 10.4. The highest BCUT2D eigenvalue weighted by molar-refractivity contribution is 5.80. The van der Waals surface area contributed by atoms with E-state index in [0.29, 0.717) is 6.54 Å². The number of aromatic nitrogens is 3. The van der Waals surface area contributed by atoms with Crippen molar-refractivity contribution in [3.8, 4) is 5.69 Å². The molecule has 0 aliphatic carbocycles. The summed E-state index contributed by atoms with van der Waals surface area (Å²) in [6.45, 7) is 2.10. The number of hydrogen-bond donors (Lipinski definition) is 2. The highest BCUT2D eigenvalue weighted by atomic mass is 16.2. The molecule has 1 aliphatic heterocycles. The van der Waals surface area contributed by atoms with Crippen LogP contribution in [0.2, 0.25) is 0 Å². The molecule has 1 amide bonds. The van der Waals surface area contributed by atoms with Gasteiger partial charge in [0.25, 0.3) is 0 Å². The maximum Gasteiger partial charge on any atom is 0.225 e. The molecule has 98 valence electrons. The summed E-state index contributed by atoms with van der Waals surface area (Å²) in [6.07, 6.45) is 3.15. The van der Waals surface area contributed by atoms with Crippen molar-refractivity contribution < 1.29 is 4.79 Å². The molecule has 6 nitrogen and oxygen atoms in total. The topological polar surface area (TPSA) is 71.8 Å². The van der Waals surface area contributed by atoms with Crippen LogP contribution in [0.1, 0.15) is 5.56 Å². The molecule has 2 aromatic rings. The van der Waals surface area contributed by atoms with Crippen LogP contribution in [0.3, 0.4) is 0 Å². The average molecular weight is 257 g/mol. The Kier molecular flexibility index (Phi) is 3.24. The lowest BCUT2D eigenvalue weighted by Crippen LogP contribution is -2.50. The zero-order valence-corrected chi connectivity index (χ0v) is 10.4. The molecule has 1 aromatic heterocycles. The maximum atomic E-state index is 11.7. The van der Waals surface area contributed by atoms with E-state index in [0.717, 1.165) is 24.3 Å². The lowest BCUT2D eigenvalue weighted by atomic mass is 10.0. The van der Waals surface area contributed by atoms with Crippen molar-refractivity contribution in [1.82, 2.24) is 25.4 Å². The highest BCUT2D eigenvalue weighted by Gasteiger charge is 2.24. The van der Waals surface area contributed by atoms with Crippen LogP contribution in [0.25, 0.3) is 5.69 Å². The van der Waals surface area contributed by atoms with Crippen LogP contribution in [0, 0.1) is 5.92 Å². The molecular weight excluding hydrogens is 242 g/mol. The van der Waals surface area contributed by atoms with Crippen molar-refractivity contribution in [2.45, 2.75) is 6.54 Å². The molecule has 1 fully saturated rings. The van der Waals surface area contributed by atoms with Gasteiger partial charge in [-0.1, -0.05) is 12.1 Å². The van der Waals surface area contributed by atoms with Gasteiger partial charge in [0.15, 0.2) is 0 Å². The SMILES string of the molecule is O=C(NCc1cccc(-n2cncn2)c1)C1CNC1. The van der Waals surface area contributed by atoms with Crippen molar-refractivity contribution in [1.29, 1.82) is 0 Å². The summed E-state index contributed by atoms with van der Waals surface area (Å²) in [5.41, 5.74) is 1.99. The van der Waals surface area contributed by atoms with Gasteiger partial charge in [0.05, 0.1) is 11.6 Å². The van der Waals surface area contributed by atoms with E-state index in [2.05, 4.69) is 20.7 Å². The molecule has 1 saturated heterocycles. The standard InChI is InChI=1S/C13H15N5O/c19-13(11-6-14-7-11)16-5-10-2-1-3-12(4-10)18-9-15-8-17-18/h1-4,8-9,11,14H,5-7H2,(H,16,19). The Hall–Kier alpha value is -2.21. The van der Waals surface area contributed by atoms with Gasteiger partial charge < -0.3 is 10.6 Å². The third kappa shape index (κ3) is 2.63. The van der Waals surface area contributed by atoms with Crippen molar-refractivity contribution in [3.63, 3.8) is 0 Å². The van der Waals surface area contributed by atoms with E-state index >= 15 is 0 Å². The predicted molar refractivity (Wildman–Crippen MR) is 69.6 cm³/mol. The molecule has 0 radical (unpaired) electrons. The van der Waals surface area contributed by atoms with Crippen LogP contribution in [0.5, 0.6) is 0 Å². The molecule has 19 heavy (non-hydrogen) atoms. The number of rotatable bonds is 4. The molecule has 2 heterocycles. The Balaban J connectivity index is 1.64. The first kappa shape index (κ1) is 11.9. The molecule has 1 aliphatic rings. The summed E-state index contributed by atoms with van der Waals surface area (Å²) in [7, 11) is 0. The van der Waals surface area contributed by atoms with Gasteiger partial charge >= 0.3 is 0 Å². The molecule has 0 atom stereocenters. The predicted octanol–water partition coefficient (Wildman–Crippen LogP) is 0.103. The molecule has 6 heteroatoms. The second-order valence-corrected chi connectivity index (χ2v) is 4.58. The number of carbonyl (C=O) groups excluding carboxylic acids is 1. The number of hydrogen-bond acceptors (Lipinski definition) is 4. The monoisotopic (exact) mass is 257 g/mol. The van der Waals surface area contributed by atoms with Crippen LogP contribution >= 0.6 is 0 Å². The van der Waals surface area contributed by atoms with Crippen molar-refractivity contribution in [2.24, 2.45) is 5.92 Å². The second kappa shape index (κ2) is 5.19. The van der Waals surface area contributed by atoms with Gasteiger partial charge in [-0.05, 0) is 17.7 Å². The fourth-order valence-electron chi connectivity index (χ4n) is 1.96. The minimum Gasteiger partial charge on any atom is -0.352 e. The molecular formula is C13H15N5O. The van der Waals surface area contributed by atoms with Crippen molar-refractivity contribution in [3.05, 3.63) is 42.5 Å². The fraction of sp³-hybridized carbons (Fsp3) is 0.308. The summed E-state index contributed by atoms with van der Waals surface area (Å²) >= 11 is 0. The zero-order chi connectivity index (χ0) is 13.1. The van der Waals surface area contributed by atoms with E-state index in [-0.39, 0.29) is 11.8 Å². The van der Waals surface area contributed by atoms with E-state index in [1.54, 1.807) is 11.0 Å². The third-order valence-corrected chi connectivity index (χ3v) is 3.21. The van der Waals surface area contributed by atoms with Gasteiger partial charge in [0, 0.05) is 19.6 Å². The molecule has 0 spiro atoms. The van der Waals surface area contributed by atoms with E-state index in [1.165, 1.54) is 6.33 Å². The van der Waals surface area contributed by atoms with Crippen LogP contribution in [0.4, 0.5) is 0 Å². The summed E-state index contributed by atoms with van der Waals surface area (Å²) in [6, 6.07) is 7.88. The Bertz CT molecular complexity index is 562. The third-order valence-electron chi connectivity index (χ3n) is 3.21. The van der Waals surface area contributed by atoms with Gasteiger partial charge in [0.1, 0.15) is 12.7 Å². The van der Waals surface area contributed by atoms with Gasteiger partial charge in [-0.15, -0.1) is 0 Å². The van der Waals surface area contributed by atoms with Gasteiger partial charge in [-0.25, -0.2) is 9.67 Å². The first-order valence-electron chi connectivity index (χ1n) is 6.25. The lowest BCUT2D eigenvalue weighted by Gasteiger charge is -2.25.